The number of halogens is 3. The Morgan fingerprint density at radius 3 is 2.57 bits per heavy atom. The average Bonchev–Trinajstić information content (AvgIpc) is 2.77. The highest BCUT2D eigenvalue weighted by molar-refractivity contribution is 7.89. The van der Waals surface area contributed by atoms with Gasteiger partial charge in [0.05, 0.1) is 16.9 Å². The van der Waals surface area contributed by atoms with E-state index in [1.807, 2.05) is 0 Å². The smallest absolute Gasteiger partial charge is 0.262 e. The number of piperidine rings is 1. The highest BCUT2D eigenvalue weighted by atomic mass is 32.2. The van der Waals surface area contributed by atoms with Crippen molar-refractivity contribution >= 4 is 15.9 Å². The van der Waals surface area contributed by atoms with Gasteiger partial charge in [-0.25, -0.2) is 21.6 Å². The van der Waals surface area contributed by atoms with E-state index in [0.29, 0.717) is 4.31 Å². The summed E-state index contributed by atoms with van der Waals surface area (Å²) in [5, 5.41) is 2.48. The summed E-state index contributed by atoms with van der Waals surface area (Å²) in [5.74, 6) is -4.65. The Kier molecular flexibility index (Phi) is 3.68. The second-order valence-corrected chi connectivity index (χ2v) is 7.99. The van der Waals surface area contributed by atoms with E-state index < -0.39 is 50.9 Å². The number of benzene rings is 1. The first-order chi connectivity index (χ1) is 10.6. The van der Waals surface area contributed by atoms with E-state index in [9.17, 15) is 26.4 Å². The number of carbonyl (C=O) groups is 1. The van der Waals surface area contributed by atoms with Gasteiger partial charge in [0.1, 0.15) is 5.82 Å². The molecule has 0 saturated carbocycles. The summed E-state index contributed by atoms with van der Waals surface area (Å²) < 4.78 is 67.2. The number of hydrogen-bond acceptors (Lipinski definition) is 3. The fourth-order valence-corrected chi connectivity index (χ4v) is 4.83. The summed E-state index contributed by atoms with van der Waals surface area (Å²) in [6, 6.07) is 4.19. The van der Waals surface area contributed by atoms with Crippen molar-refractivity contribution in [2.45, 2.75) is 23.7 Å². The van der Waals surface area contributed by atoms with E-state index >= 15 is 0 Å². The SMILES string of the molecule is O=C1NCCC12CN(S(=O)(=O)c1cccc(F)c1)CC(F)(F)C2. The molecule has 23 heavy (non-hydrogen) atoms. The first kappa shape index (κ1) is 16.3. The lowest BCUT2D eigenvalue weighted by Gasteiger charge is -2.41. The van der Waals surface area contributed by atoms with Gasteiger partial charge in [0.15, 0.2) is 0 Å². The lowest BCUT2D eigenvalue weighted by atomic mass is 9.78. The first-order valence-electron chi connectivity index (χ1n) is 7.07. The lowest BCUT2D eigenvalue weighted by Crippen LogP contribution is -2.56. The second kappa shape index (κ2) is 5.20. The maximum atomic E-state index is 14.1. The van der Waals surface area contributed by atoms with Crippen LogP contribution in [-0.4, -0.2) is 44.2 Å². The molecule has 1 aromatic rings. The third-order valence-corrected chi connectivity index (χ3v) is 6.08. The first-order valence-corrected chi connectivity index (χ1v) is 8.51. The predicted molar refractivity (Wildman–Crippen MR) is 74.8 cm³/mol. The monoisotopic (exact) mass is 348 g/mol. The minimum absolute atomic E-state index is 0.149. The van der Waals surface area contributed by atoms with Crippen LogP contribution >= 0.6 is 0 Å². The molecule has 1 spiro atoms. The lowest BCUT2D eigenvalue weighted by molar-refractivity contribution is -0.142. The van der Waals surface area contributed by atoms with Crippen LogP contribution in [0.3, 0.4) is 0 Å². The third kappa shape index (κ3) is 2.83. The zero-order chi connectivity index (χ0) is 16.9. The van der Waals surface area contributed by atoms with E-state index in [-0.39, 0.29) is 19.5 Å². The number of rotatable bonds is 2. The molecule has 2 aliphatic rings. The number of alkyl halides is 2. The Bertz CT molecular complexity index is 753. The molecule has 5 nitrogen and oxygen atoms in total. The number of sulfonamides is 1. The average molecular weight is 348 g/mol. The van der Waals surface area contributed by atoms with Crippen molar-refractivity contribution in [3.8, 4) is 0 Å². The fraction of sp³-hybridized carbons (Fsp3) is 0.500. The molecule has 2 aliphatic heterocycles. The van der Waals surface area contributed by atoms with Crippen molar-refractivity contribution in [2.24, 2.45) is 5.41 Å². The summed E-state index contributed by atoms with van der Waals surface area (Å²) >= 11 is 0. The number of nitrogens with zero attached hydrogens (tertiary/aromatic N) is 1. The molecule has 2 heterocycles. The molecule has 1 aromatic carbocycles. The summed E-state index contributed by atoms with van der Waals surface area (Å²) in [6.45, 7) is -1.10. The van der Waals surface area contributed by atoms with Gasteiger partial charge in [0.25, 0.3) is 5.92 Å². The third-order valence-electron chi connectivity index (χ3n) is 4.29. The largest absolute Gasteiger partial charge is 0.356 e. The van der Waals surface area contributed by atoms with Crippen molar-refractivity contribution < 1.29 is 26.4 Å². The molecule has 9 heteroatoms. The fourth-order valence-electron chi connectivity index (χ4n) is 3.24. The molecular weight excluding hydrogens is 333 g/mol. The minimum atomic E-state index is -4.31. The summed E-state index contributed by atoms with van der Waals surface area (Å²) in [6.07, 6.45) is -0.530. The van der Waals surface area contributed by atoms with Crippen LogP contribution in [0.5, 0.6) is 0 Å². The van der Waals surface area contributed by atoms with Crippen LogP contribution in [0, 0.1) is 11.2 Å². The van der Waals surface area contributed by atoms with Crippen molar-refractivity contribution in [2.75, 3.05) is 19.6 Å². The van der Waals surface area contributed by atoms with Gasteiger partial charge in [-0.05, 0) is 24.6 Å². The van der Waals surface area contributed by atoms with Gasteiger partial charge in [-0.1, -0.05) is 6.07 Å². The van der Waals surface area contributed by atoms with Gasteiger partial charge in [0.2, 0.25) is 15.9 Å². The zero-order valence-corrected chi connectivity index (χ0v) is 12.9. The standard InChI is InChI=1S/C14H15F3N2O3S/c15-10-2-1-3-11(6-10)23(21,22)19-8-13(4-5-18-12(13)20)7-14(16,17)9-19/h1-3,6H,4-5,7-9H2,(H,18,20). The molecule has 3 rings (SSSR count). The van der Waals surface area contributed by atoms with Crippen molar-refractivity contribution in [1.82, 2.24) is 9.62 Å². The molecule has 2 saturated heterocycles. The van der Waals surface area contributed by atoms with Gasteiger partial charge in [-0.2, -0.15) is 4.31 Å². The second-order valence-electron chi connectivity index (χ2n) is 6.05. The maximum absolute atomic E-state index is 14.1. The predicted octanol–water partition coefficient (Wildman–Crippen LogP) is 1.36. The highest BCUT2D eigenvalue weighted by Gasteiger charge is 2.57. The van der Waals surface area contributed by atoms with Crippen molar-refractivity contribution in [3.63, 3.8) is 0 Å². The van der Waals surface area contributed by atoms with Crippen LogP contribution < -0.4 is 5.32 Å². The van der Waals surface area contributed by atoms with E-state index in [2.05, 4.69) is 5.32 Å². The molecule has 1 N–H and O–H groups in total. The van der Waals surface area contributed by atoms with E-state index in [1.54, 1.807) is 0 Å². The van der Waals surface area contributed by atoms with Gasteiger partial charge >= 0.3 is 0 Å². The molecule has 2 fully saturated rings. The summed E-state index contributed by atoms with van der Waals surface area (Å²) in [7, 11) is -4.31. The van der Waals surface area contributed by atoms with Crippen LogP contribution in [0.4, 0.5) is 13.2 Å². The maximum Gasteiger partial charge on any atom is 0.262 e. The topological polar surface area (TPSA) is 66.5 Å². The van der Waals surface area contributed by atoms with Gasteiger partial charge < -0.3 is 5.32 Å². The Labute approximate surface area is 131 Å². The number of hydrogen-bond donors (Lipinski definition) is 1. The van der Waals surface area contributed by atoms with Crippen LogP contribution in [0.15, 0.2) is 29.2 Å². The van der Waals surface area contributed by atoms with Crippen LogP contribution in [0.25, 0.3) is 0 Å². The van der Waals surface area contributed by atoms with Crippen molar-refractivity contribution in [1.29, 1.82) is 0 Å². The van der Waals surface area contributed by atoms with E-state index in [0.717, 1.165) is 18.2 Å². The minimum Gasteiger partial charge on any atom is -0.356 e. The summed E-state index contributed by atoms with van der Waals surface area (Å²) in [4.78, 5) is 11.6. The van der Waals surface area contributed by atoms with Gasteiger partial charge in [0, 0.05) is 19.5 Å². The molecular formula is C14H15F3N2O3S. The molecule has 0 aliphatic carbocycles. The quantitative estimate of drug-likeness (QED) is 0.878. The van der Waals surface area contributed by atoms with Crippen LogP contribution in [0.2, 0.25) is 0 Å². The molecule has 0 bridgehead atoms. The van der Waals surface area contributed by atoms with Gasteiger partial charge in [-0.3, -0.25) is 4.79 Å². The Morgan fingerprint density at radius 1 is 1.22 bits per heavy atom. The Hall–Kier alpha value is -1.61. The highest BCUT2D eigenvalue weighted by Crippen LogP contribution is 2.44. The molecule has 1 atom stereocenters. The number of amides is 1. The number of carbonyl (C=O) groups excluding carboxylic acids is 1. The molecule has 1 unspecified atom stereocenters. The Morgan fingerprint density at radius 2 is 1.96 bits per heavy atom. The normalized spacial score (nSPS) is 28.0. The zero-order valence-electron chi connectivity index (χ0n) is 12.1. The number of nitrogens with one attached hydrogen (secondary N) is 1. The van der Waals surface area contributed by atoms with Gasteiger partial charge in [-0.15, -0.1) is 0 Å². The van der Waals surface area contributed by atoms with E-state index in [1.165, 1.54) is 6.07 Å². The summed E-state index contributed by atoms with van der Waals surface area (Å²) in [5.41, 5.74) is -1.43. The Balaban J connectivity index is 2.00. The molecule has 1 amide bonds. The van der Waals surface area contributed by atoms with Crippen LogP contribution in [0.1, 0.15) is 12.8 Å². The molecule has 0 aromatic heterocycles. The van der Waals surface area contributed by atoms with Crippen LogP contribution in [-0.2, 0) is 14.8 Å². The van der Waals surface area contributed by atoms with E-state index in [4.69, 9.17) is 0 Å². The molecule has 0 radical (unpaired) electrons. The van der Waals surface area contributed by atoms with Crippen molar-refractivity contribution in [3.05, 3.63) is 30.1 Å². The molecule has 126 valence electrons.